The van der Waals surface area contributed by atoms with Gasteiger partial charge in [0.25, 0.3) is 0 Å². The predicted octanol–water partition coefficient (Wildman–Crippen LogP) is 4.41. The fourth-order valence-corrected chi connectivity index (χ4v) is 3.81. The summed E-state index contributed by atoms with van der Waals surface area (Å²) in [6.07, 6.45) is 7.51. The van der Waals surface area contributed by atoms with Crippen molar-refractivity contribution >= 4 is 37.1 Å². The van der Waals surface area contributed by atoms with Gasteiger partial charge in [0.05, 0.1) is 26.4 Å². The summed E-state index contributed by atoms with van der Waals surface area (Å²) < 4.78 is 19.9. The average Bonchev–Trinajstić information content (AvgIpc) is 2.56. The zero-order valence-corrected chi connectivity index (χ0v) is 21.6. The molecule has 0 N–H and O–H groups in total. The van der Waals surface area contributed by atoms with E-state index >= 15 is 0 Å². The van der Waals surface area contributed by atoms with Gasteiger partial charge in [-0.15, -0.1) is 0 Å². The molecule has 0 aromatic rings. The molecular formula is C16H36MnO6P2S2. The van der Waals surface area contributed by atoms with E-state index in [1.165, 1.54) is 0 Å². The molecule has 0 heterocycles. The molecule has 0 rings (SSSR count). The summed E-state index contributed by atoms with van der Waals surface area (Å²) in [5.41, 5.74) is 0. The summed E-state index contributed by atoms with van der Waals surface area (Å²) >= 11 is 9.36. The second-order valence-corrected chi connectivity index (χ2v) is 11.1. The van der Waals surface area contributed by atoms with E-state index in [1.807, 2.05) is 27.7 Å². The Kier molecular flexibility index (Phi) is 27.4. The summed E-state index contributed by atoms with van der Waals surface area (Å²) in [5, 5.41) is 0. The second kappa shape index (κ2) is 22.3. The minimum Gasteiger partial charge on any atom is -0.780 e. The van der Waals surface area contributed by atoms with Crippen molar-refractivity contribution in [2.75, 3.05) is 26.4 Å². The number of hydrogen-bond acceptors (Lipinski definition) is 8. The standard InChI is InChI=1S/2C8H19O3PS.Mn/c2*1-3-5-7-10-12(9,13)11-8-6-4-2;/h2*3-8H2,1-2H3,(H,9,13);/q;;+2/p-2. The quantitative estimate of drug-likeness (QED) is 0.173. The number of unbranched alkanes of at least 4 members (excludes halogenated alkanes) is 4. The predicted molar refractivity (Wildman–Crippen MR) is 112 cm³/mol. The van der Waals surface area contributed by atoms with Crippen molar-refractivity contribution in [2.45, 2.75) is 79.1 Å². The molecule has 27 heavy (non-hydrogen) atoms. The van der Waals surface area contributed by atoms with E-state index < -0.39 is 13.4 Å². The van der Waals surface area contributed by atoms with Crippen LogP contribution >= 0.6 is 13.4 Å². The molecule has 0 saturated heterocycles. The van der Waals surface area contributed by atoms with Crippen LogP contribution < -0.4 is 9.79 Å². The van der Waals surface area contributed by atoms with Crippen molar-refractivity contribution < 1.29 is 45.0 Å². The Morgan fingerprint density at radius 2 is 0.741 bits per heavy atom. The topological polar surface area (TPSA) is 83.0 Å². The van der Waals surface area contributed by atoms with Crippen LogP contribution in [0.1, 0.15) is 79.1 Å². The smallest absolute Gasteiger partial charge is 0.780 e. The Morgan fingerprint density at radius 1 is 0.556 bits per heavy atom. The van der Waals surface area contributed by atoms with E-state index in [9.17, 15) is 9.79 Å². The van der Waals surface area contributed by atoms with Crippen LogP contribution in [0, 0.1) is 0 Å². The Morgan fingerprint density at radius 3 is 0.889 bits per heavy atom. The summed E-state index contributed by atoms with van der Waals surface area (Å²) in [4.78, 5) is 22.7. The van der Waals surface area contributed by atoms with Gasteiger partial charge >= 0.3 is 17.1 Å². The van der Waals surface area contributed by atoms with Crippen molar-refractivity contribution in [1.29, 1.82) is 0 Å². The van der Waals surface area contributed by atoms with Gasteiger partial charge in [0.1, 0.15) is 13.4 Å². The molecule has 0 aliphatic rings. The molecule has 0 bridgehead atoms. The fourth-order valence-electron chi connectivity index (χ4n) is 1.36. The zero-order valence-electron chi connectivity index (χ0n) is 17.0. The van der Waals surface area contributed by atoms with Crippen LogP contribution in [0.5, 0.6) is 0 Å². The van der Waals surface area contributed by atoms with Crippen LogP contribution in [0.25, 0.3) is 0 Å². The first-order valence-corrected chi connectivity index (χ1v) is 14.6. The van der Waals surface area contributed by atoms with Crippen LogP contribution in [0.3, 0.4) is 0 Å². The molecule has 0 aromatic carbocycles. The molecule has 0 aromatic heterocycles. The van der Waals surface area contributed by atoms with Crippen LogP contribution in [-0.4, -0.2) is 26.4 Å². The van der Waals surface area contributed by atoms with Gasteiger partial charge in [0, 0.05) is 0 Å². The SMILES string of the molecule is CCCCOP([O-])(=S)OCCCC.CCCCOP([O-])(=S)OCCCC.[Mn+2]. The largest absolute Gasteiger partial charge is 2.00 e. The van der Waals surface area contributed by atoms with E-state index in [0.29, 0.717) is 26.4 Å². The summed E-state index contributed by atoms with van der Waals surface area (Å²) in [6.45, 7) is 3.55. The fraction of sp³-hybridized carbons (Fsp3) is 1.00. The van der Waals surface area contributed by atoms with E-state index in [2.05, 4.69) is 23.6 Å². The number of rotatable bonds is 16. The van der Waals surface area contributed by atoms with E-state index in [1.54, 1.807) is 0 Å². The van der Waals surface area contributed by atoms with Gasteiger partial charge < -0.3 is 27.9 Å². The maximum atomic E-state index is 11.3. The summed E-state index contributed by atoms with van der Waals surface area (Å²) in [5.74, 6) is 0. The van der Waals surface area contributed by atoms with Crippen molar-refractivity contribution in [3.8, 4) is 0 Å². The Bertz CT molecular complexity index is 341. The molecule has 0 atom stereocenters. The normalized spacial score (nSPS) is 11.5. The average molecular weight is 505 g/mol. The minimum absolute atomic E-state index is 0. The van der Waals surface area contributed by atoms with Gasteiger partial charge in [-0.05, 0) is 25.7 Å². The van der Waals surface area contributed by atoms with Gasteiger partial charge in [0.2, 0.25) is 0 Å². The molecule has 0 amide bonds. The van der Waals surface area contributed by atoms with Crippen molar-refractivity contribution in [2.24, 2.45) is 0 Å². The van der Waals surface area contributed by atoms with Crippen LogP contribution in [0.2, 0.25) is 0 Å². The van der Waals surface area contributed by atoms with E-state index in [4.69, 9.17) is 18.1 Å². The van der Waals surface area contributed by atoms with Crippen LogP contribution in [0.4, 0.5) is 0 Å². The monoisotopic (exact) mass is 505 g/mol. The van der Waals surface area contributed by atoms with E-state index in [0.717, 1.165) is 51.4 Å². The van der Waals surface area contributed by atoms with Crippen LogP contribution in [-0.2, 0) is 58.8 Å². The summed E-state index contributed by atoms with van der Waals surface area (Å²) in [6, 6.07) is 0. The third-order valence-corrected chi connectivity index (χ3v) is 6.25. The third-order valence-electron chi connectivity index (χ3n) is 2.99. The molecule has 0 saturated carbocycles. The maximum Gasteiger partial charge on any atom is 2.00 e. The molecule has 0 aliphatic carbocycles. The van der Waals surface area contributed by atoms with Gasteiger partial charge in [-0.2, -0.15) is 0 Å². The molecule has 11 heteroatoms. The molecule has 6 nitrogen and oxygen atoms in total. The Labute approximate surface area is 187 Å². The third kappa shape index (κ3) is 27.6. The van der Waals surface area contributed by atoms with Crippen molar-refractivity contribution in [3.05, 3.63) is 0 Å². The Balaban J connectivity index is -0.000000411. The van der Waals surface area contributed by atoms with Gasteiger partial charge in [-0.3, -0.25) is 0 Å². The molecule has 0 unspecified atom stereocenters. The van der Waals surface area contributed by atoms with Gasteiger partial charge in [0.15, 0.2) is 0 Å². The molecule has 0 fully saturated rings. The van der Waals surface area contributed by atoms with Gasteiger partial charge in [-0.25, -0.2) is 0 Å². The second-order valence-electron chi connectivity index (χ2n) is 5.64. The maximum absolute atomic E-state index is 11.3. The van der Waals surface area contributed by atoms with Crippen molar-refractivity contribution in [3.63, 3.8) is 0 Å². The molecule has 0 aliphatic heterocycles. The number of hydrogen-bond donors (Lipinski definition) is 0. The minimum atomic E-state index is -3.17. The van der Waals surface area contributed by atoms with Gasteiger partial charge in [-0.1, -0.05) is 77.0 Å². The van der Waals surface area contributed by atoms with Crippen LogP contribution in [0.15, 0.2) is 0 Å². The van der Waals surface area contributed by atoms with Crippen molar-refractivity contribution in [1.82, 2.24) is 0 Å². The van der Waals surface area contributed by atoms with E-state index in [-0.39, 0.29) is 17.1 Å². The first-order valence-electron chi connectivity index (χ1n) is 9.44. The molecular weight excluding hydrogens is 469 g/mol. The molecule has 1 radical (unpaired) electrons. The Hall–Kier alpha value is 1.58. The first-order chi connectivity index (χ1) is 12.2. The zero-order chi connectivity index (χ0) is 20.3. The molecule has 0 spiro atoms. The summed E-state index contributed by atoms with van der Waals surface area (Å²) in [7, 11) is 0. The first kappa shape index (κ1) is 33.2. The molecule has 165 valence electrons.